The lowest BCUT2D eigenvalue weighted by Gasteiger charge is -2.33. The molecule has 4 amide bonds. The second-order valence-corrected chi connectivity index (χ2v) is 9.78. The number of hydrogen-bond acceptors (Lipinski definition) is 8. The van der Waals surface area contributed by atoms with Gasteiger partial charge in [-0.1, -0.05) is 60.7 Å². The van der Waals surface area contributed by atoms with Gasteiger partial charge in [-0.15, -0.1) is 0 Å². The van der Waals surface area contributed by atoms with Crippen molar-refractivity contribution in [3.63, 3.8) is 0 Å². The van der Waals surface area contributed by atoms with Gasteiger partial charge in [0.25, 0.3) is 0 Å². The first kappa shape index (κ1) is 32.7. The van der Waals surface area contributed by atoms with Gasteiger partial charge in [0.2, 0.25) is 5.91 Å². The molecule has 0 atom stereocenters. The normalized spacial score (nSPS) is 14.6. The summed E-state index contributed by atoms with van der Waals surface area (Å²) in [6.07, 6.45) is -2.74. The maximum Gasteiger partial charge on any atom is 0.410 e. The molecule has 0 radical (unpaired) electrons. The molecule has 13 nitrogen and oxygen atoms in total. The van der Waals surface area contributed by atoms with Crippen molar-refractivity contribution in [1.29, 1.82) is 0 Å². The molecule has 1 aliphatic rings. The van der Waals surface area contributed by atoms with Gasteiger partial charge in [0, 0.05) is 58.8 Å². The summed E-state index contributed by atoms with van der Waals surface area (Å²) in [4.78, 5) is 68.1. The molecule has 0 aliphatic carbocycles. The van der Waals surface area contributed by atoms with Crippen molar-refractivity contribution in [2.45, 2.75) is 26.1 Å². The van der Waals surface area contributed by atoms with Crippen molar-refractivity contribution < 1.29 is 43.3 Å². The minimum absolute atomic E-state index is 0.00255. The molecular formula is C30H38N4O9. The summed E-state index contributed by atoms with van der Waals surface area (Å²) in [5.74, 6) is -0.890. The number of carbonyl (C=O) groups is 5. The van der Waals surface area contributed by atoms with Gasteiger partial charge < -0.3 is 38.9 Å². The molecule has 0 saturated carbocycles. The summed E-state index contributed by atoms with van der Waals surface area (Å²) < 4.78 is 15.6. The van der Waals surface area contributed by atoms with E-state index in [0.717, 1.165) is 16.0 Å². The lowest BCUT2D eigenvalue weighted by atomic mass is 10.2. The molecule has 0 unspecified atom stereocenters. The lowest BCUT2D eigenvalue weighted by molar-refractivity contribution is -0.143. The molecule has 0 aromatic heterocycles. The molecule has 13 heteroatoms. The SMILES string of the molecule is COC(=O)CCC(=O)N1CCN(C(=O)OCc2ccccc2)CCN(C(=O)O)CCN(C(=O)OCc2ccccc2)CC1. The van der Waals surface area contributed by atoms with Gasteiger partial charge in [-0.25, -0.2) is 14.4 Å². The summed E-state index contributed by atoms with van der Waals surface area (Å²) in [6, 6.07) is 18.2. The van der Waals surface area contributed by atoms with Gasteiger partial charge in [0.1, 0.15) is 13.2 Å². The highest BCUT2D eigenvalue weighted by molar-refractivity contribution is 5.81. The largest absolute Gasteiger partial charge is 0.469 e. The van der Waals surface area contributed by atoms with Gasteiger partial charge in [-0.2, -0.15) is 0 Å². The highest BCUT2D eigenvalue weighted by atomic mass is 16.6. The predicted molar refractivity (Wildman–Crippen MR) is 154 cm³/mol. The van der Waals surface area contributed by atoms with E-state index in [0.29, 0.717) is 0 Å². The van der Waals surface area contributed by atoms with Crippen LogP contribution in [0.1, 0.15) is 24.0 Å². The molecule has 43 heavy (non-hydrogen) atoms. The molecule has 1 aliphatic heterocycles. The van der Waals surface area contributed by atoms with Crippen LogP contribution in [0.4, 0.5) is 14.4 Å². The first-order valence-electron chi connectivity index (χ1n) is 14.0. The smallest absolute Gasteiger partial charge is 0.410 e. The van der Waals surface area contributed by atoms with Crippen molar-refractivity contribution in [3.8, 4) is 0 Å². The zero-order valence-corrected chi connectivity index (χ0v) is 24.3. The third-order valence-electron chi connectivity index (χ3n) is 6.88. The Hall–Kier alpha value is -4.81. The van der Waals surface area contributed by atoms with Crippen LogP contribution in [0.25, 0.3) is 0 Å². The fourth-order valence-electron chi connectivity index (χ4n) is 4.31. The molecule has 0 bridgehead atoms. The van der Waals surface area contributed by atoms with Crippen molar-refractivity contribution in [3.05, 3.63) is 71.8 Å². The third-order valence-corrected chi connectivity index (χ3v) is 6.88. The van der Waals surface area contributed by atoms with E-state index < -0.39 is 24.2 Å². The molecule has 2 aromatic rings. The number of esters is 1. The van der Waals surface area contributed by atoms with Crippen LogP contribution >= 0.6 is 0 Å². The van der Waals surface area contributed by atoms with E-state index in [2.05, 4.69) is 4.74 Å². The summed E-state index contributed by atoms with van der Waals surface area (Å²) >= 11 is 0. The number of amides is 4. The van der Waals surface area contributed by atoms with Crippen LogP contribution in [0.3, 0.4) is 0 Å². The highest BCUT2D eigenvalue weighted by Gasteiger charge is 2.26. The fourth-order valence-corrected chi connectivity index (χ4v) is 4.31. The van der Waals surface area contributed by atoms with Gasteiger partial charge in [-0.05, 0) is 11.1 Å². The Morgan fingerprint density at radius 1 is 0.605 bits per heavy atom. The first-order chi connectivity index (χ1) is 20.8. The van der Waals surface area contributed by atoms with Crippen molar-refractivity contribution in [2.24, 2.45) is 0 Å². The second kappa shape index (κ2) is 17.2. The minimum Gasteiger partial charge on any atom is -0.469 e. The monoisotopic (exact) mass is 598 g/mol. The maximum absolute atomic E-state index is 13.1. The molecule has 2 aromatic carbocycles. The Morgan fingerprint density at radius 3 is 1.40 bits per heavy atom. The summed E-state index contributed by atoms with van der Waals surface area (Å²) in [6.45, 7) is 0.207. The van der Waals surface area contributed by atoms with Crippen LogP contribution in [0.5, 0.6) is 0 Å². The minimum atomic E-state index is -1.20. The summed E-state index contributed by atoms with van der Waals surface area (Å²) in [5.41, 5.74) is 1.58. The Bertz CT molecular complexity index is 1140. The topological polar surface area (TPSA) is 146 Å². The summed E-state index contributed by atoms with van der Waals surface area (Å²) in [7, 11) is 1.24. The van der Waals surface area contributed by atoms with E-state index in [1.165, 1.54) is 21.8 Å². The number of carbonyl (C=O) groups excluding carboxylic acids is 4. The molecule has 0 spiro atoms. The van der Waals surface area contributed by atoms with E-state index in [1.54, 1.807) is 0 Å². The number of ether oxygens (including phenoxy) is 3. The number of nitrogens with zero attached hydrogens (tertiary/aromatic N) is 4. The molecular weight excluding hydrogens is 560 g/mol. The van der Waals surface area contributed by atoms with E-state index >= 15 is 0 Å². The number of hydrogen-bond donors (Lipinski definition) is 1. The standard InChI is InChI=1S/C30H38N4O9/c1-41-27(36)13-12-26(35)31-14-18-33(29(39)42-22-24-8-4-2-5-9-24)20-16-32(28(37)38)17-21-34(19-15-31)30(40)43-23-25-10-6-3-7-11-25/h2-11H,12-23H2,1H3,(H,37,38). The molecule has 1 N–H and O–H groups in total. The fraction of sp³-hybridized carbons (Fsp3) is 0.433. The van der Waals surface area contributed by atoms with Crippen LogP contribution in [-0.4, -0.2) is 114 Å². The number of rotatable bonds is 7. The van der Waals surface area contributed by atoms with Crippen molar-refractivity contribution >= 4 is 30.2 Å². The van der Waals surface area contributed by atoms with Gasteiger partial charge >= 0.3 is 24.2 Å². The van der Waals surface area contributed by atoms with Crippen molar-refractivity contribution in [1.82, 2.24) is 19.6 Å². The zero-order chi connectivity index (χ0) is 31.0. The molecule has 232 valence electrons. The lowest BCUT2D eigenvalue weighted by Crippen LogP contribution is -2.50. The average Bonchev–Trinajstić information content (AvgIpc) is 3.02. The number of benzene rings is 2. The van der Waals surface area contributed by atoms with E-state index in [4.69, 9.17) is 9.47 Å². The Labute approximate surface area is 250 Å². The van der Waals surface area contributed by atoms with Gasteiger partial charge in [0.15, 0.2) is 0 Å². The molecule has 1 fully saturated rings. The van der Waals surface area contributed by atoms with E-state index in [9.17, 15) is 29.1 Å². The highest BCUT2D eigenvalue weighted by Crippen LogP contribution is 2.09. The molecule has 1 heterocycles. The van der Waals surface area contributed by atoms with E-state index in [1.807, 2.05) is 60.7 Å². The van der Waals surface area contributed by atoms with Crippen LogP contribution < -0.4 is 0 Å². The average molecular weight is 599 g/mol. The molecule has 1 saturated heterocycles. The second-order valence-electron chi connectivity index (χ2n) is 9.78. The Morgan fingerprint density at radius 2 is 1.00 bits per heavy atom. The quantitative estimate of drug-likeness (QED) is 0.375. The maximum atomic E-state index is 13.1. The third kappa shape index (κ3) is 11.2. The Balaban J connectivity index is 1.74. The van der Waals surface area contributed by atoms with Gasteiger partial charge in [0.05, 0.1) is 13.5 Å². The van der Waals surface area contributed by atoms with Crippen molar-refractivity contribution in [2.75, 3.05) is 59.5 Å². The van der Waals surface area contributed by atoms with Crippen LogP contribution in [0.15, 0.2) is 60.7 Å². The van der Waals surface area contributed by atoms with Crippen LogP contribution in [0, 0.1) is 0 Å². The van der Waals surface area contributed by atoms with Crippen LogP contribution in [0.2, 0.25) is 0 Å². The first-order valence-corrected chi connectivity index (χ1v) is 14.0. The molecule has 3 rings (SSSR count). The zero-order valence-electron chi connectivity index (χ0n) is 24.3. The summed E-state index contributed by atoms with van der Waals surface area (Å²) in [5, 5.41) is 9.80. The number of carboxylic acid groups (broad SMARTS) is 1. The number of methoxy groups -OCH3 is 1. The Kier molecular flexibility index (Phi) is 13.1. The van der Waals surface area contributed by atoms with E-state index in [-0.39, 0.29) is 84.3 Å². The predicted octanol–water partition coefficient (Wildman–Crippen LogP) is 3.04. The van der Waals surface area contributed by atoms with Gasteiger partial charge in [-0.3, -0.25) is 9.59 Å². The van der Waals surface area contributed by atoms with Crippen LogP contribution in [-0.2, 0) is 37.0 Å².